The smallest absolute Gasteiger partial charge is 0.0444 e. The van der Waals surface area contributed by atoms with E-state index in [0.29, 0.717) is 0 Å². The fourth-order valence-corrected chi connectivity index (χ4v) is 5.70. The van der Waals surface area contributed by atoms with Crippen LogP contribution in [0.3, 0.4) is 0 Å². The van der Waals surface area contributed by atoms with Crippen LogP contribution in [0.1, 0.15) is 26.3 Å². The minimum Gasteiger partial charge on any atom is -0.350 e. The number of hydrogen-bond donors (Lipinski definition) is 0. The van der Waals surface area contributed by atoms with Gasteiger partial charge in [-0.25, -0.2) is 0 Å². The number of para-hydroxylation sites is 1. The average molecular weight is 720 g/mol. The molecule has 42 heavy (non-hydrogen) atoms. The van der Waals surface area contributed by atoms with Crippen molar-refractivity contribution in [3.05, 3.63) is 139 Å². The van der Waals surface area contributed by atoms with Crippen LogP contribution in [0.5, 0.6) is 0 Å². The maximum Gasteiger partial charge on any atom is 0.0444 e. The first-order chi connectivity index (χ1) is 20.0. The normalized spacial score (nSPS) is 11.5. The van der Waals surface area contributed by atoms with E-state index in [4.69, 9.17) is 4.98 Å². The van der Waals surface area contributed by atoms with Crippen LogP contribution in [0.4, 0.5) is 0 Å². The van der Waals surface area contributed by atoms with Crippen LogP contribution in [0, 0.1) is 12.1 Å². The first-order valence-electron chi connectivity index (χ1n) is 13.9. The zero-order valence-electron chi connectivity index (χ0n) is 23.7. The van der Waals surface area contributed by atoms with Gasteiger partial charge in [-0.1, -0.05) is 68.6 Å². The van der Waals surface area contributed by atoms with Gasteiger partial charge in [0, 0.05) is 43.7 Å². The average Bonchev–Trinajstić information content (AvgIpc) is 3.29. The van der Waals surface area contributed by atoms with Crippen LogP contribution in [0.2, 0.25) is 0 Å². The van der Waals surface area contributed by atoms with Gasteiger partial charge in [-0.05, 0) is 74.7 Å². The quantitative estimate of drug-likeness (QED) is 0.158. The molecule has 1 aliphatic rings. The number of hydrogen-bond acceptors (Lipinski definition) is 2. The Balaban J connectivity index is 0.000000205. The summed E-state index contributed by atoms with van der Waals surface area (Å²) in [6.45, 7) is 6.80. The van der Waals surface area contributed by atoms with Gasteiger partial charge in [-0.2, -0.15) is 0 Å². The van der Waals surface area contributed by atoms with E-state index in [9.17, 15) is 0 Å². The van der Waals surface area contributed by atoms with Crippen molar-refractivity contribution in [3.8, 4) is 39.3 Å². The van der Waals surface area contributed by atoms with Gasteiger partial charge in [0.05, 0.1) is 0 Å². The molecule has 0 N–H and O–H groups in total. The second kappa shape index (κ2) is 11.1. The van der Waals surface area contributed by atoms with Gasteiger partial charge in [0.15, 0.2) is 0 Å². The van der Waals surface area contributed by atoms with E-state index in [1.165, 1.54) is 44.2 Å². The van der Waals surface area contributed by atoms with E-state index in [0.717, 1.165) is 22.5 Å². The molecule has 1 radical (unpaired) electrons. The Hall–Kier alpha value is -4.37. The van der Waals surface area contributed by atoms with Crippen molar-refractivity contribution < 1.29 is 20.1 Å². The molecule has 0 spiro atoms. The molecule has 3 nitrogen and oxygen atoms in total. The molecule has 0 fully saturated rings. The third kappa shape index (κ3) is 4.77. The van der Waals surface area contributed by atoms with Crippen molar-refractivity contribution in [1.29, 1.82) is 0 Å². The molecule has 0 aliphatic carbocycles. The van der Waals surface area contributed by atoms with Crippen LogP contribution in [0.25, 0.3) is 61.1 Å². The second-order valence-electron chi connectivity index (χ2n) is 11.3. The number of aromatic nitrogens is 3. The van der Waals surface area contributed by atoms with Crippen molar-refractivity contribution in [2.24, 2.45) is 0 Å². The molecule has 0 unspecified atom stereocenters. The first kappa shape index (κ1) is 27.8. The van der Waals surface area contributed by atoms with E-state index in [-0.39, 0.29) is 25.5 Å². The van der Waals surface area contributed by atoms with Gasteiger partial charge >= 0.3 is 0 Å². The molecule has 0 saturated heterocycles. The van der Waals surface area contributed by atoms with E-state index in [1.807, 2.05) is 60.8 Å². The second-order valence-corrected chi connectivity index (χ2v) is 11.3. The van der Waals surface area contributed by atoms with Crippen LogP contribution >= 0.6 is 0 Å². The fourth-order valence-electron chi connectivity index (χ4n) is 5.70. The summed E-state index contributed by atoms with van der Waals surface area (Å²) >= 11 is 0. The standard InChI is InChI=1S/C27H21N2.C11H8N.Ir/c1-27(2,3)17-13-14-24-22(16-17)19-11-7-15-28-25(19)21-10-6-9-20-18-8-4-5-12-23(18)29(24)26(20)21;1-2-6-10(7-3-1)11-8-4-5-9-12-11;/h4-9,11-16H,1-3H3;1-6,8-9H;/q2*-1;. The molecule has 8 rings (SSSR count). The maximum atomic E-state index is 4.82. The van der Waals surface area contributed by atoms with E-state index in [1.54, 1.807) is 6.20 Å². The van der Waals surface area contributed by atoms with Crippen molar-refractivity contribution in [2.75, 3.05) is 0 Å². The van der Waals surface area contributed by atoms with Crippen molar-refractivity contribution in [2.45, 2.75) is 26.2 Å². The van der Waals surface area contributed by atoms with E-state index >= 15 is 0 Å². The van der Waals surface area contributed by atoms with Gasteiger partial charge < -0.3 is 14.5 Å². The molecule has 0 atom stereocenters. The van der Waals surface area contributed by atoms with Crippen LogP contribution in [-0.4, -0.2) is 14.5 Å². The summed E-state index contributed by atoms with van der Waals surface area (Å²) < 4.78 is 2.40. The SMILES string of the molecule is CC(C)(C)c1ccc2c(c1)-c1cccnc1-c1[c-]ccc3c4ccccc4n-2c13.[Ir].[c-]1ccccc1-c1ccccn1. The Morgan fingerprint density at radius 1 is 0.667 bits per heavy atom. The minimum absolute atomic E-state index is 0. The zero-order chi connectivity index (χ0) is 28.0. The van der Waals surface area contributed by atoms with Crippen molar-refractivity contribution in [3.63, 3.8) is 0 Å². The molecular formula is C38H29IrN3-2. The van der Waals surface area contributed by atoms with Gasteiger partial charge in [-0.15, -0.1) is 59.7 Å². The number of pyridine rings is 2. The summed E-state index contributed by atoms with van der Waals surface area (Å²) in [6.07, 6.45) is 3.67. The molecule has 0 amide bonds. The Labute approximate surface area is 260 Å². The molecule has 4 heterocycles. The third-order valence-electron chi connectivity index (χ3n) is 7.72. The molecule has 0 bridgehead atoms. The van der Waals surface area contributed by atoms with Crippen molar-refractivity contribution in [1.82, 2.24) is 14.5 Å². The summed E-state index contributed by atoms with van der Waals surface area (Å²) in [5, 5.41) is 2.52. The Kier molecular flexibility index (Phi) is 7.36. The fraction of sp³-hybridized carbons (Fsp3) is 0.105. The topological polar surface area (TPSA) is 30.7 Å². The molecule has 4 heteroatoms. The van der Waals surface area contributed by atoms with Crippen molar-refractivity contribution >= 4 is 21.8 Å². The summed E-state index contributed by atoms with van der Waals surface area (Å²) in [4.78, 5) is 9.04. The van der Waals surface area contributed by atoms with Gasteiger partial charge in [0.1, 0.15) is 0 Å². The molecule has 4 aromatic carbocycles. The molecule has 207 valence electrons. The molecular weight excluding hydrogens is 691 g/mol. The van der Waals surface area contributed by atoms with E-state index in [2.05, 4.69) is 97.1 Å². The predicted octanol–water partition coefficient (Wildman–Crippen LogP) is 9.47. The predicted molar refractivity (Wildman–Crippen MR) is 169 cm³/mol. The summed E-state index contributed by atoms with van der Waals surface area (Å²) in [5.74, 6) is 0. The summed E-state index contributed by atoms with van der Waals surface area (Å²) in [7, 11) is 0. The van der Waals surface area contributed by atoms with Crippen LogP contribution in [-0.2, 0) is 25.5 Å². The Bertz CT molecular complexity index is 1980. The number of nitrogens with zero attached hydrogens (tertiary/aromatic N) is 3. The molecule has 7 aromatic rings. The Morgan fingerprint density at radius 3 is 2.26 bits per heavy atom. The Morgan fingerprint density at radius 2 is 1.48 bits per heavy atom. The maximum absolute atomic E-state index is 4.82. The van der Waals surface area contributed by atoms with Crippen LogP contribution in [0.15, 0.2) is 122 Å². The number of rotatable bonds is 1. The van der Waals surface area contributed by atoms with E-state index < -0.39 is 0 Å². The summed E-state index contributed by atoms with van der Waals surface area (Å²) in [6, 6.07) is 44.3. The molecule has 0 saturated carbocycles. The number of benzene rings is 4. The molecule has 3 aromatic heterocycles. The van der Waals surface area contributed by atoms with Gasteiger partial charge in [0.25, 0.3) is 0 Å². The summed E-state index contributed by atoms with van der Waals surface area (Å²) in [5.41, 5.74) is 11.5. The molecule has 1 aliphatic heterocycles. The minimum atomic E-state index is 0. The number of fused-ring (bicyclic) bond motifs is 8. The first-order valence-corrected chi connectivity index (χ1v) is 13.9. The zero-order valence-corrected chi connectivity index (χ0v) is 26.1. The van der Waals surface area contributed by atoms with Crippen LogP contribution < -0.4 is 0 Å². The van der Waals surface area contributed by atoms with Gasteiger partial charge in [-0.3, -0.25) is 0 Å². The monoisotopic (exact) mass is 720 g/mol. The third-order valence-corrected chi connectivity index (χ3v) is 7.72. The largest absolute Gasteiger partial charge is 0.350 e. The van der Waals surface area contributed by atoms with Gasteiger partial charge in [0.2, 0.25) is 0 Å².